The van der Waals surface area contributed by atoms with Gasteiger partial charge in [-0.25, -0.2) is 9.48 Å². The zero-order valence-electron chi connectivity index (χ0n) is 18.2. The lowest BCUT2D eigenvalue weighted by molar-refractivity contribution is -0.139. The Bertz CT molecular complexity index is 1240. The standard InChI is InChI=1S/C23H22BrClN4O4/c1-4-32-17-11-14(10-16(24)20(17)30)19-18(22(31)33-5-2)12(3)26-23-27-21(28-29(19)23)13-6-8-15(25)9-7-13/h6-11,19,30H,4-5H2,1-3H3,(H,26,27,28). The van der Waals surface area contributed by atoms with Crippen LogP contribution in [0.5, 0.6) is 11.5 Å². The highest BCUT2D eigenvalue weighted by Crippen LogP contribution is 2.42. The first-order chi connectivity index (χ1) is 15.8. The third-order valence-electron chi connectivity index (χ3n) is 5.12. The van der Waals surface area contributed by atoms with Gasteiger partial charge in [0.2, 0.25) is 5.95 Å². The van der Waals surface area contributed by atoms with E-state index in [1.54, 1.807) is 42.8 Å². The van der Waals surface area contributed by atoms with E-state index >= 15 is 0 Å². The van der Waals surface area contributed by atoms with Gasteiger partial charge in [-0.05, 0) is 78.7 Å². The number of nitrogens with one attached hydrogen (secondary N) is 1. The molecule has 0 radical (unpaired) electrons. The van der Waals surface area contributed by atoms with Crippen LogP contribution in [0, 0.1) is 0 Å². The summed E-state index contributed by atoms with van der Waals surface area (Å²) >= 11 is 9.41. The van der Waals surface area contributed by atoms with Gasteiger partial charge < -0.3 is 19.9 Å². The van der Waals surface area contributed by atoms with Crippen molar-refractivity contribution in [1.82, 2.24) is 14.8 Å². The number of hydrogen-bond acceptors (Lipinski definition) is 7. The summed E-state index contributed by atoms with van der Waals surface area (Å²) in [5.74, 6) is 0.746. The smallest absolute Gasteiger partial charge is 0.338 e. The van der Waals surface area contributed by atoms with E-state index in [0.717, 1.165) is 5.56 Å². The van der Waals surface area contributed by atoms with Gasteiger partial charge in [0.15, 0.2) is 17.3 Å². The van der Waals surface area contributed by atoms with E-state index in [4.69, 9.17) is 26.2 Å². The van der Waals surface area contributed by atoms with Crippen molar-refractivity contribution in [2.45, 2.75) is 26.8 Å². The highest BCUT2D eigenvalue weighted by molar-refractivity contribution is 9.10. The molecule has 0 fully saturated rings. The molecule has 1 atom stereocenters. The van der Waals surface area contributed by atoms with Gasteiger partial charge in [0, 0.05) is 16.3 Å². The first kappa shape index (κ1) is 23.1. The molecule has 33 heavy (non-hydrogen) atoms. The van der Waals surface area contributed by atoms with Crippen LogP contribution >= 0.6 is 27.5 Å². The second kappa shape index (κ2) is 9.44. The Hall–Kier alpha value is -3.04. The van der Waals surface area contributed by atoms with Gasteiger partial charge in [0.1, 0.15) is 6.04 Å². The van der Waals surface area contributed by atoms with E-state index in [1.807, 2.05) is 19.1 Å². The molecule has 172 valence electrons. The third kappa shape index (κ3) is 4.43. The second-order valence-electron chi connectivity index (χ2n) is 7.28. The van der Waals surface area contributed by atoms with Gasteiger partial charge >= 0.3 is 5.97 Å². The number of rotatable bonds is 6. The largest absolute Gasteiger partial charge is 0.503 e. The summed E-state index contributed by atoms with van der Waals surface area (Å²) in [7, 11) is 0. The number of anilines is 1. The fourth-order valence-electron chi connectivity index (χ4n) is 3.67. The van der Waals surface area contributed by atoms with Crippen molar-refractivity contribution in [2.75, 3.05) is 18.5 Å². The Balaban J connectivity index is 1.90. The van der Waals surface area contributed by atoms with Crippen molar-refractivity contribution in [3.63, 3.8) is 0 Å². The van der Waals surface area contributed by atoms with Crippen molar-refractivity contribution in [3.8, 4) is 22.9 Å². The minimum absolute atomic E-state index is 0.0198. The number of carbonyl (C=O) groups excluding carboxylic acids is 1. The number of carbonyl (C=O) groups is 1. The maximum atomic E-state index is 13.0. The summed E-state index contributed by atoms with van der Waals surface area (Å²) in [6, 6.07) is 9.95. The number of fused-ring (bicyclic) bond motifs is 1. The molecular formula is C23H22BrClN4O4. The molecule has 0 spiro atoms. The van der Waals surface area contributed by atoms with E-state index < -0.39 is 12.0 Å². The lowest BCUT2D eigenvalue weighted by atomic mass is 9.95. The number of halogens is 2. The van der Waals surface area contributed by atoms with E-state index in [1.165, 1.54) is 0 Å². The number of hydrogen-bond donors (Lipinski definition) is 2. The molecule has 0 amide bonds. The zero-order valence-corrected chi connectivity index (χ0v) is 20.6. The van der Waals surface area contributed by atoms with Crippen LogP contribution in [-0.2, 0) is 9.53 Å². The van der Waals surface area contributed by atoms with Crippen LogP contribution in [0.25, 0.3) is 11.4 Å². The van der Waals surface area contributed by atoms with E-state index in [-0.39, 0.29) is 12.4 Å². The Labute approximate surface area is 204 Å². The Kier molecular flexibility index (Phi) is 6.62. The topological polar surface area (TPSA) is 98.5 Å². The number of esters is 1. The zero-order chi connectivity index (χ0) is 23.7. The van der Waals surface area contributed by atoms with Crippen molar-refractivity contribution in [3.05, 3.63) is 62.7 Å². The van der Waals surface area contributed by atoms with Crippen LogP contribution in [0.3, 0.4) is 0 Å². The van der Waals surface area contributed by atoms with Gasteiger partial charge in [-0.1, -0.05) is 11.6 Å². The Morgan fingerprint density at radius 3 is 2.64 bits per heavy atom. The SMILES string of the molecule is CCOC(=O)C1=C(C)Nc2nc(-c3ccc(Cl)cc3)nn2C1c1cc(Br)c(O)c(OCC)c1. The minimum atomic E-state index is -0.662. The number of ether oxygens (including phenoxy) is 2. The number of benzene rings is 2. The van der Waals surface area contributed by atoms with Crippen LogP contribution in [0.2, 0.25) is 5.02 Å². The van der Waals surface area contributed by atoms with Gasteiger partial charge in [-0.3, -0.25) is 0 Å². The molecule has 0 aliphatic carbocycles. The van der Waals surface area contributed by atoms with Crippen LogP contribution in [0.1, 0.15) is 32.4 Å². The van der Waals surface area contributed by atoms with Crippen molar-refractivity contribution in [1.29, 1.82) is 0 Å². The number of aromatic hydroxyl groups is 1. The number of allylic oxidation sites excluding steroid dienone is 1. The molecule has 10 heteroatoms. The molecule has 1 aliphatic rings. The summed E-state index contributed by atoms with van der Waals surface area (Å²) < 4.78 is 13.0. The molecule has 0 saturated heterocycles. The molecule has 2 aromatic carbocycles. The first-order valence-corrected chi connectivity index (χ1v) is 11.5. The first-order valence-electron chi connectivity index (χ1n) is 10.4. The molecule has 1 aromatic heterocycles. The van der Waals surface area contributed by atoms with E-state index in [0.29, 0.717) is 50.5 Å². The summed E-state index contributed by atoms with van der Waals surface area (Å²) in [6.07, 6.45) is 0. The van der Waals surface area contributed by atoms with E-state index in [9.17, 15) is 9.90 Å². The average molecular weight is 534 g/mol. The Morgan fingerprint density at radius 2 is 1.97 bits per heavy atom. The minimum Gasteiger partial charge on any atom is -0.503 e. The van der Waals surface area contributed by atoms with Crippen LogP contribution in [0.15, 0.2) is 52.1 Å². The number of aromatic nitrogens is 3. The average Bonchev–Trinajstić information content (AvgIpc) is 3.20. The third-order valence-corrected chi connectivity index (χ3v) is 5.97. The fourth-order valence-corrected chi connectivity index (χ4v) is 4.26. The molecule has 2 N–H and O–H groups in total. The predicted octanol–water partition coefficient (Wildman–Crippen LogP) is 5.32. The van der Waals surface area contributed by atoms with Crippen molar-refractivity contribution >= 4 is 39.4 Å². The lowest BCUT2D eigenvalue weighted by Gasteiger charge is -2.28. The second-order valence-corrected chi connectivity index (χ2v) is 8.57. The highest BCUT2D eigenvalue weighted by atomic mass is 79.9. The quantitative estimate of drug-likeness (QED) is 0.414. The molecule has 2 heterocycles. The number of phenols is 1. The van der Waals surface area contributed by atoms with Gasteiger partial charge in [-0.15, -0.1) is 5.10 Å². The van der Waals surface area contributed by atoms with Gasteiger partial charge in [0.25, 0.3) is 0 Å². The summed E-state index contributed by atoms with van der Waals surface area (Å²) in [4.78, 5) is 17.6. The molecule has 1 unspecified atom stereocenters. The van der Waals surface area contributed by atoms with Gasteiger partial charge in [-0.2, -0.15) is 4.98 Å². The van der Waals surface area contributed by atoms with Crippen LogP contribution in [0.4, 0.5) is 5.95 Å². The Morgan fingerprint density at radius 1 is 1.24 bits per heavy atom. The number of phenolic OH excluding ortho intramolecular Hbond substituents is 1. The molecule has 8 nitrogen and oxygen atoms in total. The van der Waals surface area contributed by atoms with Crippen LogP contribution < -0.4 is 10.1 Å². The molecular weight excluding hydrogens is 512 g/mol. The van der Waals surface area contributed by atoms with Crippen molar-refractivity contribution in [2.24, 2.45) is 0 Å². The van der Waals surface area contributed by atoms with Crippen LogP contribution in [-0.4, -0.2) is 39.1 Å². The maximum absolute atomic E-state index is 13.0. The fraction of sp³-hybridized carbons (Fsp3) is 0.261. The lowest BCUT2D eigenvalue weighted by Crippen LogP contribution is -2.29. The molecule has 4 rings (SSSR count). The number of nitrogens with zero attached hydrogens (tertiary/aromatic N) is 3. The normalized spacial score (nSPS) is 15.1. The monoisotopic (exact) mass is 532 g/mol. The highest BCUT2D eigenvalue weighted by Gasteiger charge is 2.36. The maximum Gasteiger partial charge on any atom is 0.338 e. The predicted molar refractivity (Wildman–Crippen MR) is 129 cm³/mol. The summed E-state index contributed by atoms with van der Waals surface area (Å²) in [6.45, 7) is 5.96. The molecule has 1 aliphatic heterocycles. The van der Waals surface area contributed by atoms with Gasteiger partial charge in [0.05, 0.1) is 23.3 Å². The van der Waals surface area contributed by atoms with E-state index in [2.05, 4.69) is 26.2 Å². The van der Waals surface area contributed by atoms with Crippen molar-refractivity contribution < 1.29 is 19.4 Å². The summed E-state index contributed by atoms with van der Waals surface area (Å²) in [5.41, 5.74) is 2.43. The molecule has 0 bridgehead atoms. The summed E-state index contributed by atoms with van der Waals surface area (Å²) in [5, 5.41) is 18.9. The molecule has 0 saturated carbocycles. The molecule has 3 aromatic rings.